The Balaban J connectivity index is 1.25. The molecule has 0 atom stereocenters. The molecule has 12 nitrogen and oxygen atoms in total. The molecule has 0 bridgehead atoms. The summed E-state index contributed by atoms with van der Waals surface area (Å²) in [5, 5.41) is 21.4. The van der Waals surface area contributed by atoms with Crippen LogP contribution in [0.3, 0.4) is 0 Å². The summed E-state index contributed by atoms with van der Waals surface area (Å²) < 4.78 is 32.3. The summed E-state index contributed by atoms with van der Waals surface area (Å²) in [6, 6.07) is 14.6. The Morgan fingerprint density at radius 2 is 1.43 bits per heavy atom. The number of carbonyl (C=O) groups is 3. The third kappa shape index (κ3) is 5.91. The molecule has 0 fully saturated rings. The molecule has 210 valence electrons. The smallest absolute Gasteiger partial charge is 0.339 e. The molecule has 2 aromatic carbocycles. The molecule has 5 rings (SSSR count). The molecule has 13 heteroatoms. The number of benzene rings is 2. The lowest BCUT2D eigenvalue weighted by molar-refractivity contribution is -0.134. The number of allylic oxidation sites excluding steroid dienone is 9. The van der Waals surface area contributed by atoms with Crippen LogP contribution in [0.5, 0.6) is 0 Å². The zero-order chi connectivity index (χ0) is 30.0. The second kappa shape index (κ2) is 11.1. The van der Waals surface area contributed by atoms with Crippen molar-refractivity contribution in [2.45, 2.75) is 0 Å². The molecule has 0 aliphatic heterocycles. The number of fused-ring (bicyclic) bond motifs is 1. The Labute approximate surface area is 239 Å². The van der Waals surface area contributed by atoms with E-state index in [0.29, 0.717) is 17.1 Å². The van der Waals surface area contributed by atoms with Crippen molar-refractivity contribution in [2.75, 3.05) is 10.9 Å². The Kier molecular flexibility index (Phi) is 7.35. The van der Waals surface area contributed by atoms with Gasteiger partial charge in [0.15, 0.2) is 11.6 Å². The summed E-state index contributed by atoms with van der Waals surface area (Å²) in [5.41, 5.74) is 12.2. The van der Waals surface area contributed by atoms with Crippen molar-refractivity contribution < 1.29 is 32.5 Å². The molecule has 2 aromatic rings. The second-order valence-corrected chi connectivity index (χ2v) is 10.5. The molecule has 0 aromatic heterocycles. The summed E-state index contributed by atoms with van der Waals surface area (Å²) in [7, 11) is -4.56. The first-order chi connectivity index (χ1) is 20.0. The number of carboxylic acid groups (broad SMARTS) is 1. The van der Waals surface area contributed by atoms with E-state index in [0.717, 1.165) is 23.3 Å². The molecule has 3 aliphatic carbocycles. The van der Waals surface area contributed by atoms with E-state index in [9.17, 15) is 27.4 Å². The average Bonchev–Trinajstić information content (AvgIpc) is 2.96. The molecule has 0 radical (unpaired) electrons. The maximum absolute atomic E-state index is 12.6. The van der Waals surface area contributed by atoms with Crippen LogP contribution in [-0.4, -0.2) is 47.0 Å². The maximum atomic E-state index is 12.6. The number of hydrogen-bond acceptors (Lipinski definition) is 10. The van der Waals surface area contributed by atoms with E-state index in [4.69, 9.17) is 10.5 Å². The molecule has 0 amide bonds. The maximum Gasteiger partial charge on any atom is 0.339 e. The SMILES string of the molecule is N=C1C=CC2=CC(S(=O)(=O)O)=CC(=O)C2=C1NNc1ccc(-c2ccc(N/N=C3/C=CC(=O)C(C(=O)O)=C3)cc2)cc1. The highest BCUT2D eigenvalue weighted by molar-refractivity contribution is 7.90. The van der Waals surface area contributed by atoms with Crippen molar-refractivity contribution >= 4 is 50.5 Å². The predicted molar refractivity (Wildman–Crippen MR) is 156 cm³/mol. The van der Waals surface area contributed by atoms with Gasteiger partial charge < -0.3 is 10.5 Å². The molecular formula is C29H21N5O7S. The van der Waals surface area contributed by atoms with Crippen LogP contribution in [0.25, 0.3) is 11.1 Å². The molecule has 6 N–H and O–H groups in total. The van der Waals surface area contributed by atoms with Gasteiger partial charge in [0.2, 0.25) is 0 Å². The van der Waals surface area contributed by atoms with Gasteiger partial charge in [-0.3, -0.25) is 30.4 Å². The average molecular weight is 584 g/mol. The summed E-state index contributed by atoms with van der Waals surface area (Å²) in [5.74, 6) is -2.57. The summed E-state index contributed by atoms with van der Waals surface area (Å²) in [4.78, 5) is 34.9. The fourth-order valence-electron chi connectivity index (χ4n) is 4.18. The van der Waals surface area contributed by atoms with Crippen LogP contribution < -0.4 is 16.3 Å². The van der Waals surface area contributed by atoms with E-state index in [-0.39, 0.29) is 28.1 Å². The van der Waals surface area contributed by atoms with Gasteiger partial charge in [-0.1, -0.05) is 30.3 Å². The van der Waals surface area contributed by atoms with Crippen LogP contribution in [0.1, 0.15) is 0 Å². The van der Waals surface area contributed by atoms with Gasteiger partial charge in [0.1, 0.15) is 5.57 Å². The molecule has 0 saturated carbocycles. The van der Waals surface area contributed by atoms with Gasteiger partial charge in [-0.15, -0.1) is 0 Å². The quantitative estimate of drug-likeness (QED) is 0.116. The first kappa shape index (κ1) is 27.9. The van der Waals surface area contributed by atoms with E-state index in [1.807, 2.05) is 24.3 Å². The number of hydrazine groups is 1. The molecule has 0 unspecified atom stereocenters. The first-order valence-corrected chi connectivity index (χ1v) is 13.6. The highest BCUT2D eigenvalue weighted by atomic mass is 32.2. The number of hydrazone groups is 1. The Morgan fingerprint density at radius 1 is 0.786 bits per heavy atom. The minimum Gasteiger partial charge on any atom is -0.478 e. The van der Waals surface area contributed by atoms with Crippen LogP contribution in [0.2, 0.25) is 0 Å². The number of aliphatic carboxylic acids is 1. The minimum atomic E-state index is -4.56. The number of hydrogen-bond donors (Lipinski definition) is 6. The van der Waals surface area contributed by atoms with E-state index >= 15 is 0 Å². The van der Waals surface area contributed by atoms with E-state index in [1.54, 1.807) is 24.3 Å². The second-order valence-electron chi connectivity index (χ2n) is 9.10. The zero-order valence-electron chi connectivity index (χ0n) is 21.5. The number of carboxylic acids is 1. The fraction of sp³-hybridized carbons (Fsp3) is 0. The van der Waals surface area contributed by atoms with E-state index in [1.165, 1.54) is 30.4 Å². The predicted octanol–water partition coefficient (Wildman–Crippen LogP) is 3.31. The lowest BCUT2D eigenvalue weighted by Crippen LogP contribution is -2.31. The number of anilines is 2. The highest BCUT2D eigenvalue weighted by Crippen LogP contribution is 2.30. The molecule has 0 spiro atoms. The third-order valence-electron chi connectivity index (χ3n) is 6.30. The Morgan fingerprint density at radius 3 is 2.05 bits per heavy atom. The van der Waals surface area contributed by atoms with Gasteiger partial charge in [0.25, 0.3) is 10.1 Å². The third-order valence-corrected chi connectivity index (χ3v) is 7.13. The fourth-order valence-corrected chi connectivity index (χ4v) is 4.71. The number of rotatable bonds is 8. The Hall–Kier alpha value is -5.66. The van der Waals surface area contributed by atoms with Gasteiger partial charge in [-0.05, 0) is 71.3 Å². The topological polar surface area (TPSA) is 198 Å². The number of carbonyl (C=O) groups excluding carboxylic acids is 2. The van der Waals surface area contributed by atoms with Crippen molar-refractivity contribution in [1.82, 2.24) is 5.43 Å². The minimum absolute atomic E-state index is 0.00788. The van der Waals surface area contributed by atoms with Crippen LogP contribution in [0, 0.1) is 5.41 Å². The summed E-state index contributed by atoms with van der Waals surface area (Å²) >= 11 is 0. The van der Waals surface area contributed by atoms with Crippen molar-refractivity contribution in [2.24, 2.45) is 5.10 Å². The molecule has 0 saturated heterocycles. The van der Waals surface area contributed by atoms with Crippen molar-refractivity contribution in [1.29, 1.82) is 5.41 Å². The van der Waals surface area contributed by atoms with Crippen LogP contribution >= 0.6 is 0 Å². The van der Waals surface area contributed by atoms with Gasteiger partial charge >= 0.3 is 5.97 Å². The van der Waals surface area contributed by atoms with E-state index in [2.05, 4.69) is 21.4 Å². The summed E-state index contributed by atoms with van der Waals surface area (Å²) in [6.45, 7) is 0. The van der Waals surface area contributed by atoms with Crippen LogP contribution in [0.15, 0.2) is 123 Å². The molecule has 42 heavy (non-hydrogen) atoms. The van der Waals surface area contributed by atoms with Gasteiger partial charge in [0, 0.05) is 6.08 Å². The molecule has 3 aliphatic rings. The largest absolute Gasteiger partial charge is 0.478 e. The first-order valence-electron chi connectivity index (χ1n) is 12.2. The zero-order valence-corrected chi connectivity index (χ0v) is 22.3. The lowest BCUT2D eigenvalue weighted by Gasteiger charge is -2.22. The molecular weight excluding hydrogens is 562 g/mol. The van der Waals surface area contributed by atoms with Gasteiger partial charge in [-0.25, -0.2) is 4.79 Å². The standard InChI is InChI=1S/C29H21N5O7S/c30-24-11-5-18-13-22(42(39,40)41)15-26(36)27(18)28(24)34-32-20-8-3-17(4-9-20)16-1-6-19(7-2-16)31-33-21-10-12-25(35)23(14-21)29(37)38/h1-15,30-32,34H,(H,37,38)(H,39,40,41)/b30-24?,33-21-. The van der Waals surface area contributed by atoms with E-state index < -0.39 is 32.6 Å². The number of nitrogens with one attached hydrogen (secondary N) is 4. The van der Waals surface area contributed by atoms with Gasteiger partial charge in [-0.2, -0.15) is 13.5 Å². The Bertz CT molecular complexity index is 1880. The monoisotopic (exact) mass is 583 g/mol. The van der Waals surface area contributed by atoms with Gasteiger partial charge in [0.05, 0.1) is 39.0 Å². The highest BCUT2D eigenvalue weighted by Gasteiger charge is 2.29. The lowest BCUT2D eigenvalue weighted by atomic mass is 9.89. The number of nitrogens with zero attached hydrogens (tertiary/aromatic N) is 1. The summed E-state index contributed by atoms with van der Waals surface area (Å²) in [6.07, 6.45) is 8.59. The van der Waals surface area contributed by atoms with Crippen LogP contribution in [0.4, 0.5) is 11.4 Å². The normalized spacial score (nSPS) is 17.4. The molecule has 0 heterocycles. The van der Waals surface area contributed by atoms with Crippen molar-refractivity contribution in [3.8, 4) is 11.1 Å². The van der Waals surface area contributed by atoms with Crippen LogP contribution in [-0.2, 0) is 24.5 Å². The van der Waals surface area contributed by atoms with Crippen molar-refractivity contribution in [3.63, 3.8) is 0 Å². The van der Waals surface area contributed by atoms with Crippen molar-refractivity contribution in [3.05, 3.63) is 118 Å². The number of ketones is 2.